The molecule has 3 heterocycles. The fraction of sp³-hybridized carbons (Fsp3) is 0.600. The number of pyridine rings is 1. The van der Waals surface area contributed by atoms with E-state index in [-0.39, 0.29) is 0 Å². The van der Waals surface area contributed by atoms with E-state index in [1.54, 1.807) is 0 Å². The minimum Gasteiger partial charge on any atom is -0.302 e. The molecule has 0 radical (unpaired) electrons. The molecule has 1 aliphatic carbocycles. The van der Waals surface area contributed by atoms with E-state index in [2.05, 4.69) is 27.2 Å². The molecule has 0 amide bonds. The van der Waals surface area contributed by atoms with Gasteiger partial charge in [-0.15, -0.1) is 0 Å². The molecule has 1 aliphatic heterocycles. The van der Waals surface area contributed by atoms with Gasteiger partial charge in [-0.05, 0) is 50.3 Å². The number of hydrogen-bond donors (Lipinski definition) is 1. The maximum Gasteiger partial charge on any atom is 0.155 e. The monoisotopic (exact) mass is 256 g/mol. The number of aromatic nitrogens is 3. The van der Waals surface area contributed by atoms with E-state index in [0.29, 0.717) is 5.92 Å². The van der Waals surface area contributed by atoms with Gasteiger partial charge >= 0.3 is 0 Å². The number of aromatic amines is 1. The van der Waals surface area contributed by atoms with Crippen LogP contribution in [0.25, 0.3) is 11.0 Å². The van der Waals surface area contributed by atoms with Crippen LogP contribution in [-0.4, -0.2) is 39.7 Å². The van der Waals surface area contributed by atoms with Crippen molar-refractivity contribution in [3.05, 3.63) is 24.0 Å². The molecule has 4 heteroatoms. The van der Waals surface area contributed by atoms with Crippen LogP contribution in [0.3, 0.4) is 0 Å². The van der Waals surface area contributed by atoms with Gasteiger partial charge in [0.05, 0.1) is 6.20 Å². The Morgan fingerprint density at radius 2 is 2.21 bits per heavy atom. The van der Waals surface area contributed by atoms with E-state index >= 15 is 0 Å². The molecule has 0 aromatic carbocycles. The van der Waals surface area contributed by atoms with Gasteiger partial charge in [0.2, 0.25) is 0 Å². The average Bonchev–Trinajstić information content (AvgIpc) is 3.13. The van der Waals surface area contributed by atoms with Crippen molar-refractivity contribution in [2.45, 2.75) is 31.6 Å². The van der Waals surface area contributed by atoms with Gasteiger partial charge in [-0.1, -0.05) is 0 Å². The molecule has 2 aromatic heterocycles. The Kier molecular flexibility index (Phi) is 2.76. The highest BCUT2D eigenvalue weighted by molar-refractivity contribution is 5.73. The second kappa shape index (κ2) is 4.60. The van der Waals surface area contributed by atoms with Gasteiger partial charge in [0, 0.05) is 30.1 Å². The van der Waals surface area contributed by atoms with E-state index < -0.39 is 0 Å². The molecule has 2 fully saturated rings. The van der Waals surface area contributed by atoms with Crippen molar-refractivity contribution in [2.24, 2.45) is 5.92 Å². The summed E-state index contributed by atoms with van der Waals surface area (Å²) in [5.74, 6) is 1.59. The fourth-order valence-corrected chi connectivity index (χ4v) is 3.20. The number of likely N-dealkylation sites (tertiary alicyclic amines) is 1. The molecule has 1 N–H and O–H groups in total. The van der Waals surface area contributed by atoms with Crippen molar-refractivity contribution in [1.82, 2.24) is 20.1 Å². The number of piperidine rings is 1. The van der Waals surface area contributed by atoms with Crippen LogP contribution in [-0.2, 0) is 0 Å². The summed E-state index contributed by atoms with van der Waals surface area (Å²) >= 11 is 0. The van der Waals surface area contributed by atoms with Crippen LogP contribution in [0.15, 0.2) is 18.3 Å². The number of nitrogens with zero attached hydrogens (tertiary/aromatic N) is 3. The van der Waals surface area contributed by atoms with Crippen LogP contribution in [0.5, 0.6) is 0 Å². The number of fused-ring (bicyclic) bond motifs is 1. The van der Waals surface area contributed by atoms with Gasteiger partial charge in [-0.25, -0.2) is 4.98 Å². The van der Waals surface area contributed by atoms with Crippen LogP contribution in [0, 0.1) is 5.92 Å². The minimum atomic E-state index is 0.597. The third-order valence-corrected chi connectivity index (χ3v) is 4.46. The molecule has 0 unspecified atom stereocenters. The summed E-state index contributed by atoms with van der Waals surface area (Å²) in [6.45, 7) is 3.77. The predicted molar refractivity (Wildman–Crippen MR) is 75.0 cm³/mol. The highest BCUT2D eigenvalue weighted by Crippen LogP contribution is 2.33. The molecule has 2 aromatic rings. The second-order valence-corrected chi connectivity index (χ2v) is 6.09. The Balaban J connectivity index is 1.52. The SMILES string of the molecule is c1cc2cn[nH]c2nc1[C@H]1CCCN(CC2CC2)C1. The Bertz CT molecular complexity index is 572. The molecule has 1 atom stereocenters. The van der Waals surface area contributed by atoms with E-state index in [1.807, 2.05) is 6.20 Å². The second-order valence-electron chi connectivity index (χ2n) is 6.09. The Labute approximate surface area is 113 Å². The number of nitrogens with one attached hydrogen (secondary N) is 1. The third kappa shape index (κ3) is 2.37. The van der Waals surface area contributed by atoms with Gasteiger partial charge in [-0.2, -0.15) is 5.10 Å². The molecule has 100 valence electrons. The molecule has 0 spiro atoms. The molecular weight excluding hydrogens is 236 g/mol. The lowest BCUT2D eigenvalue weighted by molar-refractivity contribution is 0.199. The fourth-order valence-electron chi connectivity index (χ4n) is 3.20. The Hall–Kier alpha value is -1.42. The molecule has 4 nitrogen and oxygen atoms in total. The van der Waals surface area contributed by atoms with Gasteiger partial charge in [0.25, 0.3) is 0 Å². The maximum atomic E-state index is 4.74. The Morgan fingerprint density at radius 1 is 1.26 bits per heavy atom. The lowest BCUT2D eigenvalue weighted by Crippen LogP contribution is -2.36. The Morgan fingerprint density at radius 3 is 3.11 bits per heavy atom. The van der Waals surface area contributed by atoms with Crippen LogP contribution in [0.2, 0.25) is 0 Å². The normalized spacial score (nSPS) is 24.9. The lowest BCUT2D eigenvalue weighted by Gasteiger charge is -2.32. The van der Waals surface area contributed by atoms with E-state index in [9.17, 15) is 0 Å². The summed E-state index contributed by atoms with van der Waals surface area (Å²) in [6, 6.07) is 4.32. The summed E-state index contributed by atoms with van der Waals surface area (Å²) < 4.78 is 0. The van der Waals surface area contributed by atoms with Gasteiger partial charge < -0.3 is 4.90 Å². The minimum absolute atomic E-state index is 0.597. The van der Waals surface area contributed by atoms with E-state index in [1.165, 1.54) is 51.0 Å². The van der Waals surface area contributed by atoms with Crippen molar-refractivity contribution < 1.29 is 0 Å². The first-order valence-corrected chi connectivity index (χ1v) is 7.41. The van der Waals surface area contributed by atoms with E-state index in [4.69, 9.17) is 4.98 Å². The van der Waals surface area contributed by atoms with Gasteiger partial charge in [0.15, 0.2) is 5.65 Å². The van der Waals surface area contributed by atoms with Crippen molar-refractivity contribution in [2.75, 3.05) is 19.6 Å². The van der Waals surface area contributed by atoms with Crippen LogP contribution in [0.4, 0.5) is 0 Å². The third-order valence-electron chi connectivity index (χ3n) is 4.46. The number of hydrogen-bond acceptors (Lipinski definition) is 3. The van der Waals surface area contributed by atoms with Crippen molar-refractivity contribution in [3.8, 4) is 0 Å². The topological polar surface area (TPSA) is 44.8 Å². The zero-order chi connectivity index (χ0) is 12.7. The standard InChI is InChI=1S/C15H20N4/c1-2-13(10-19(7-1)9-11-3-4-11)14-6-5-12-8-16-18-15(12)17-14/h5-6,8,11,13H,1-4,7,9-10H2,(H,16,17,18)/t13-/m0/s1. The average molecular weight is 256 g/mol. The maximum absolute atomic E-state index is 4.74. The van der Waals surface area contributed by atoms with E-state index in [0.717, 1.165) is 17.0 Å². The summed E-state index contributed by atoms with van der Waals surface area (Å²) in [4.78, 5) is 7.39. The molecule has 2 aliphatic rings. The largest absolute Gasteiger partial charge is 0.302 e. The van der Waals surface area contributed by atoms with Crippen LogP contribution >= 0.6 is 0 Å². The predicted octanol–water partition coefficient (Wildman–Crippen LogP) is 2.55. The zero-order valence-electron chi connectivity index (χ0n) is 11.2. The summed E-state index contributed by atoms with van der Waals surface area (Å²) in [6.07, 6.45) is 7.30. The van der Waals surface area contributed by atoms with Crippen molar-refractivity contribution >= 4 is 11.0 Å². The quantitative estimate of drug-likeness (QED) is 0.918. The molecular formula is C15H20N4. The zero-order valence-corrected chi connectivity index (χ0v) is 11.2. The first kappa shape index (κ1) is 11.4. The number of H-pyrrole nitrogens is 1. The van der Waals surface area contributed by atoms with Crippen LogP contribution < -0.4 is 0 Å². The first-order chi connectivity index (χ1) is 9.38. The molecule has 1 saturated carbocycles. The summed E-state index contributed by atoms with van der Waals surface area (Å²) in [5.41, 5.74) is 2.16. The van der Waals surface area contributed by atoms with Gasteiger partial charge in [-0.3, -0.25) is 5.10 Å². The molecule has 4 rings (SSSR count). The highest BCUT2D eigenvalue weighted by atomic mass is 15.1. The highest BCUT2D eigenvalue weighted by Gasteiger charge is 2.28. The number of rotatable bonds is 3. The molecule has 0 bridgehead atoms. The molecule has 19 heavy (non-hydrogen) atoms. The molecule has 1 saturated heterocycles. The summed E-state index contributed by atoms with van der Waals surface area (Å²) in [7, 11) is 0. The summed E-state index contributed by atoms with van der Waals surface area (Å²) in [5, 5.41) is 8.14. The lowest BCUT2D eigenvalue weighted by atomic mass is 9.94. The van der Waals surface area contributed by atoms with Gasteiger partial charge in [0.1, 0.15) is 0 Å². The van der Waals surface area contributed by atoms with Crippen LogP contribution in [0.1, 0.15) is 37.3 Å². The first-order valence-electron chi connectivity index (χ1n) is 7.41. The van der Waals surface area contributed by atoms with Crippen molar-refractivity contribution in [3.63, 3.8) is 0 Å². The smallest absolute Gasteiger partial charge is 0.155 e. The van der Waals surface area contributed by atoms with Crippen molar-refractivity contribution in [1.29, 1.82) is 0 Å².